The number of carbonyl (C=O) groups is 1. The predicted octanol–water partition coefficient (Wildman–Crippen LogP) is 3.50. The van der Waals surface area contributed by atoms with Crippen LogP contribution < -0.4 is 4.72 Å². The number of hydrogen-bond donors (Lipinski definition) is 2. The van der Waals surface area contributed by atoms with E-state index in [0.29, 0.717) is 11.3 Å². The number of hydrogen-bond acceptors (Lipinski definition) is 5. The van der Waals surface area contributed by atoms with Crippen molar-refractivity contribution in [3.8, 4) is 5.69 Å². The molecule has 0 aliphatic heterocycles. The molecule has 0 aliphatic carbocycles. The van der Waals surface area contributed by atoms with Crippen molar-refractivity contribution >= 4 is 27.4 Å². The standard InChI is InChI=1S/C19H17N3O6S/c1-12-11-14(8-9-15(12)21-10-4-6-17(21)19(23)24)20-29(27,28)18-7-3-5-16(13(18)2)22(25)26/h3-11,20H,1-2H3,(H,23,24). The quantitative estimate of drug-likeness (QED) is 0.468. The molecule has 0 amide bonds. The van der Waals surface area contributed by atoms with E-state index in [9.17, 15) is 28.4 Å². The van der Waals surface area contributed by atoms with E-state index in [1.165, 1.54) is 41.8 Å². The number of carboxylic acid groups (broad SMARTS) is 1. The van der Waals surface area contributed by atoms with Gasteiger partial charge in [-0.2, -0.15) is 0 Å². The average molecular weight is 415 g/mol. The number of benzene rings is 2. The largest absolute Gasteiger partial charge is 0.477 e. The van der Waals surface area contributed by atoms with Crippen LogP contribution in [0.15, 0.2) is 59.6 Å². The van der Waals surface area contributed by atoms with Crippen molar-refractivity contribution in [1.82, 2.24) is 4.57 Å². The van der Waals surface area contributed by atoms with Crippen molar-refractivity contribution in [1.29, 1.82) is 0 Å². The average Bonchev–Trinajstić information content (AvgIpc) is 3.11. The van der Waals surface area contributed by atoms with Crippen molar-refractivity contribution in [3.63, 3.8) is 0 Å². The van der Waals surface area contributed by atoms with Crippen molar-refractivity contribution in [2.45, 2.75) is 18.7 Å². The van der Waals surface area contributed by atoms with Gasteiger partial charge in [0.1, 0.15) is 5.69 Å². The summed E-state index contributed by atoms with van der Waals surface area (Å²) >= 11 is 0. The number of sulfonamides is 1. The smallest absolute Gasteiger partial charge is 0.352 e. The maximum atomic E-state index is 12.7. The van der Waals surface area contributed by atoms with Gasteiger partial charge in [0.25, 0.3) is 15.7 Å². The Morgan fingerprint density at radius 3 is 2.48 bits per heavy atom. The zero-order chi connectivity index (χ0) is 21.3. The van der Waals surface area contributed by atoms with Crippen LogP contribution in [-0.4, -0.2) is 29.0 Å². The number of nitro groups is 1. The molecule has 1 aromatic heterocycles. The molecule has 9 nitrogen and oxygen atoms in total. The molecule has 0 aliphatic rings. The fraction of sp³-hybridized carbons (Fsp3) is 0.105. The number of nitrogens with one attached hydrogen (secondary N) is 1. The highest BCUT2D eigenvalue weighted by molar-refractivity contribution is 7.92. The lowest BCUT2D eigenvalue weighted by Crippen LogP contribution is -2.15. The van der Waals surface area contributed by atoms with E-state index in [2.05, 4.69) is 4.72 Å². The summed E-state index contributed by atoms with van der Waals surface area (Å²) in [5.74, 6) is -1.08. The molecule has 1 heterocycles. The topological polar surface area (TPSA) is 132 Å². The number of aromatic nitrogens is 1. The highest BCUT2D eigenvalue weighted by atomic mass is 32.2. The SMILES string of the molecule is Cc1cc(NS(=O)(=O)c2cccc([N+](=O)[O-])c2C)ccc1-n1cccc1C(=O)O. The predicted molar refractivity (Wildman–Crippen MR) is 106 cm³/mol. The van der Waals surface area contributed by atoms with E-state index < -0.39 is 20.9 Å². The third-order valence-electron chi connectivity index (χ3n) is 4.42. The summed E-state index contributed by atoms with van der Waals surface area (Å²) in [7, 11) is -4.06. The number of aromatic carboxylic acids is 1. The molecule has 10 heteroatoms. The zero-order valence-electron chi connectivity index (χ0n) is 15.5. The number of nitrogens with zero attached hydrogens (tertiary/aromatic N) is 2. The van der Waals surface area contributed by atoms with Crippen LogP contribution in [0.5, 0.6) is 0 Å². The minimum absolute atomic E-state index is 0.0387. The molecule has 0 atom stereocenters. The Hall–Kier alpha value is -3.66. The molecule has 3 rings (SSSR count). The third-order valence-corrected chi connectivity index (χ3v) is 5.94. The van der Waals surface area contributed by atoms with Crippen molar-refractivity contribution in [2.75, 3.05) is 4.72 Å². The molecule has 0 saturated heterocycles. The zero-order valence-corrected chi connectivity index (χ0v) is 16.3. The molecule has 0 saturated carbocycles. The monoisotopic (exact) mass is 415 g/mol. The summed E-state index contributed by atoms with van der Waals surface area (Å²) in [6.45, 7) is 3.10. The van der Waals surface area contributed by atoms with Gasteiger partial charge in [-0.1, -0.05) is 6.07 Å². The summed E-state index contributed by atoms with van der Waals surface area (Å²) in [5, 5.41) is 20.3. The number of anilines is 1. The number of carboxylic acids is 1. The summed E-state index contributed by atoms with van der Waals surface area (Å²) in [6.07, 6.45) is 1.60. The first-order valence-electron chi connectivity index (χ1n) is 8.40. The number of aryl methyl sites for hydroxylation is 1. The molecular formula is C19H17N3O6S. The third kappa shape index (κ3) is 3.83. The van der Waals surface area contributed by atoms with Gasteiger partial charge in [-0.3, -0.25) is 14.8 Å². The van der Waals surface area contributed by atoms with Crippen molar-refractivity contribution in [2.24, 2.45) is 0 Å². The lowest BCUT2D eigenvalue weighted by atomic mass is 10.1. The highest BCUT2D eigenvalue weighted by Crippen LogP contribution is 2.28. The van der Waals surface area contributed by atoms with Crippen LogP contribution in [0.4, 0.5) is 11.4 Å². The summed E-state index contributed by atoms with van der Waals surface area (Å²) < 4.78 is 29.4. The van der Waals surface area contributed by atoms with E-state index in [0.717, 1.165) is 0 Å². The first-order valence-corrected chi connectivity index (χ1v) is 9.88. The van der Waals surface area contributed by atoms with Crippen LogP contribution >= 0.6 is 0 Å². The molecule has 2 N–H and O–H groups in total. The lowest BCUT2D eigenvalue weighted by molar-refractivity contribution is -0.385. The van der Waals surface area contributed by atoms with E-state index in [-0.39, 0.29) is 27.5 Å². The molecule has 3 aromatic rings. The summed E-state index contributed by atoms with van der Waals surface area (Å²) in [4.78, 5) is 21.6. The molecule has 0 radical (unpaired) electrons. The van der Waals surface area contributed by atoms with Gasteiger partial charge in [-0.05, 0) is 55.8 Å². The van der Waals surface area contributed by atoms with E-state index >= 15 is 0 Å². The van der Waals surface area contributed by atoms with Crippen LogP contribution in [0.1, 0.15) is 21.6 Å². The van der Waals surface area contributed by atoms with Gasteiger partial charge in [-0.25, -0.2) is 13.2 Å². The van der Waals surface area contributed by atoms with E-state index in [4.69, 9.17) is 0 Å². The molecular weight excluding hydrogens is 398 g/mol. The molecule has 0 fully saturated rings. The Labute approximate surface area is 166 Å². The van der Waals surface area contributed by atoms with Crippen LogP contribution in [0.3, 0.4) is 0 Å². The second-order valence-corrected chi connectivity index (χ2v) is 7.98. The van der Waals surface area contributed by atoms with Gasteiger partial charge in [0.15, 0.2) is 0 Å². The van der Waals surface area contributed by atoms with Crippen LogP contribution in [0.25, 0.3) is 5.69 Å². The first kappa shape index (κ1) is 20.1. The first-order chi connectivity index (χ1) is 13.6. The molecule has 0 bridgehead atoms. The fourth-order valence-electron chi connectivity index (χ4n) is 3.06. The van der Waals surface area contributed by atoms with Crippen LogP contribution in [0.2, 0.25) is 0 Å². The summed E-state index contributed by atoms with van der Waals surface area (Å²) in [6, 6.07) is 11.6. The highest BCUT2D eigenvalue weighted by Gasteiger charge is 2.23. The lowest BCUT2D eigenvalue weighted by Gasteiger charge is -2.14. The molecule has 0 unspecified atom stereocenters. The number of nitro benzene ring substituents is 1. The Balaban J connectivity index is 1.96. The second-order valence-electron chi connectivity index (χ2n) is 6.33. The minimum atomic E-state index is -4.06. The number of rotatable bonds is 6. The van der Waals surface area contributed by atoms with Gasteiger partial charge in [-0.15, -0.1) is 0 Å². The van der Waals surface area contributed by atoms with Crippen molar-refractivity contribution in [3.05, 3.63) is 81.7 Å². The van der Waals surface area contributed by atoms with Crippen LogP contribution in [-0.2, 0) is 10.0 Å². The normalized spacial score (nSPS) is 11.2. The molecule has 29 heavy (non-hydrogen) atoms. The maximum Gasteiger partial charge on any atom is 0.352 e. The van der Waals surface area contributed by atoms with Gasteiger partial charge >= 0.3 is 5.97 Å². The Kier molecular flexibility index (Phi) is 5.12. The Morgan fingerprint density at radius 1 is 1.14 bits per heavy atom. The van der Waals surface area contributed by atoms with Crippen LogP contribution in [0, 0.1) is 24.0 Å². The molecule has 150 valence electrons. The fourth-order valence-corrected chi connectivity index (χ4v) is 4.37. The Morgan fingerprint density at radius 2 is 1.86 bits per heavy atom. The van der Waals surface area contributed by atoms with E-state index in [1.807, 2.05) is 0 Å². The maximum absolute atomic E-state index is 12.7. The second kappa shape index (κ2) is 7.40. The van der Waals surface area contributed by atoms with Gasteiger partial charge in [0.2, 0.25) is 0 Å². The van der Waals surface area contributed by atoms with Gasteiger partial charge < -0.3 is 9.67 Å². The van der Waals surface area contributed by atoms with Gasteiger partial charge in [0, 0.05) is 29.2 Å². The van der Waals surface area contributed by atoms with Crippen molar-refractivity contribution < 1.29 is 23.2 Å². The molecule has 2 aromatic carbocycles. The minimum Gasteiger partial charge on any atom is -0.477 e. The van der Waals surface area contributed by atoms with E-state index in [1.54, 1.807) is 31.3 Å². The summed E-state index contributed by atoms with van der Waals surface area (Å²) in [5.41, 5.74) is 1.31. The van der Waals surface area contributed by atoms with Gasteiger partial charge in [0.05, 0.1) is 9.82 Å². The molecule has 0 spiro atoms. The Bertz CT molecular complexity index is 1230.